The van der Waals surface area contributed by atoms with Gasteiger partial charge in [-0.2, -0.15) is 0 Å². The number of anilines is 1. The molecule has 0 spiro atoms. The molecule has 26 heavy (non-hydrogen) atoms. The molecule has 3 heterocycles. The number of hydrogen-bond donors (Lipinski definition) is 1. The lowest BCUT2D eigenvalue weighted by Gasteiger charge is -2.32. The van der Waals surface area contributed by atoms with Gasteiger partial charge >= 0.3 is 6.03 Å². The number of carbonyl (C=O) groups excluding carboxylic acids is 2. The van der Waals surface area contributed by atoms with Gasteiger partial charge in [-0.05, 0) is 55.2 Å². The second-order valence-electron chi connectivity index (χ2n) is 6.67. The number of carbonyl (C=O) groups is 2. The molecular weight excluding hydrogens is 337 g/mol. The maximum Gasteiger partial charge on any atom is 0.322 e. The first-order valence-corrected chi connectivity index (χ1v) is 8.81. The van der Waals surface area contributed by atoms with Crippen molar-refractivity contribution >= 4 is 17.6 Å². The highest BCUT2D eigenvalue weighted by atomic mass is 19.1. The molecule has 0 saturated carbocycles. The fraction of sp³-hybridized carbons (Fsp3) is 0.368. The lowest BCUT2D eigenvalue weighted by atomic mass is 10.0. The van der Waals surface area contributed by atoms with Crippen molar-refractivity contribution in [1.29, 1.82) is 0 Å². The van der Waals surface area contributed by atoms with Crippen molar-refractivity contribution in [2.24, 2.45) is 0 Å². The molecule has 7 heteroatoms. The van der Waals surface area contributed by atoms with Gasteiger partial charge in [0, 0.05) is 31.4 Å². The predicted octanol–water partition coefficient (Wildman–Crippen LogP) is 2.80. The molecule has 1 N–H and O–H groups in total. The van der Waals surface area contributed by atoms with E-state index in [4.69, 9.17) is 4.42 Å². The molecular formula is C19H20FN3O3. The summed E-state index contributed by atoms with van der Waals surface area (Å²) in [5.74, 6) is -0.0525. The average Bonchev–Trinajstić information content (AvgIpc) is 3.31. The number of amides is 3. The topological polar surface area (TPSA) is 65.8 Å². The molecule has 2 aromatic rings. The Morgan fingerprint density at radius 3 is 2.69 bits per heavy atom. The highest BCUT2D eigenvalue weighted by molar-refractivity contribution is 5.94. The van der Waals surface area contributed by atoms with Gasteiger partial charge in [0.1, 0.15) is 5.82 Å². The van der Waals surface area contributed by atoms with E-state index in [1.165, 1.54) is 18.4 Å². The van der Waals surface area contributed by atoms with Crippen molar-refractivity contribution < 1.29 is 18.4 Å². The molecule has 2 aliphatic rings. The van der Waals surface area contributed by atoms with E-state index in [-0.39, 0.29) is 23.8 Å². The van der Waals surface area contributed by atoms with Crippen LogP contribution in [-0.4, -0.2) is 42.5 Å². The van der Waals surface area contributed by atoms with E-state index in [2.05, 4.69) is 5.32 Å². The van der Waals surface area contributed by atoms with Crippen molar-refractivity contribution in [3.05, 3.63) is 53.7 Å². The quantitative estimate of drug-likeness (QED) is 0.899. The van der Waals surface area contributed by atoms with Gasteiger partial charge in [-0.3, -0.25) is 9.69 Å². The van der Waals surface area contributed by atoms with Gasteiger partial charge in [0.15, 0.2) is 5.76 Å². The summed E-state index contributed by atoms with van der Waals surface area (Å²) in [7, 11) is 0. The summed E-state index contributed by atoms with van der Waals surface area (Å²) in [4.78, 5) is 28.3. The molecule has 0 unspecified atom stereocenters. The minimum Gasteiger partial charge on any atom is -0.459 e. The number of nitrogens with zero attached hydrogens (tertiary/aromatic N) is 2. The van der Waals surface area contributed by atoms with Crippen LogP contribution in [-0.2, 0) is 6.42 Å². The van der Waals surface area contributed by atoms with Gasteiger partial charge in [-0.1, -0.05) is 0 Å². The first-order valence-electron chi connectivity index (χ1n) is 8.81. The second kappa shape index (κ2) is 6.82. The summed E-state index contributed by atoms with van der Waals surface area (Å²) in [6, 6.07) is 7.73. The van der Waals surface area contributed by atoms with Gasteiger partial charge in [0.2, 0.25) is 0 Å². The zero-order chi connectivity index (χ0) is 18.1. The summed E-state index contributed by atoms with van der Waals surface area (Å²) in [6.45, 7) is 1.71. The van der Waals surface area contributed by atoms with Crippen LogP contribution in [0.3, 0.4) is 0 Å². The van der Waals surface area contributed by atoms with Gasteiger partial charge in [0.05, 0.1) is 6.26 Å². The number of urea groups is 1. The summed E-state index contributed by atoms with van der Waals surface area (Å²) in [5.41, 5.74) is 1.63. The van der Waals surface area contributed by atoms with Gasteiger partial charge in [0.25, 0.3) is 5.91 Å². The number of rotatable bonds is 2. The van der Waals surface area contributed by atoms with Crippen LogP contribution in [0.2, 0.25) is 0 Å². The SMILES string of the molecule is O=C(c1ccco1)N1CCC(NC(=O)N2CCc3cc(F)ccc32)CC1. The molecule has 0 aliphatic carbocycles. The maximum atomic E-state index is 13.3. The van der Waals surface area contributed by atoms with Crippen LogP contribution < -0.4 is 10.2 Å². The molecule has 3 amide bonds. The molecule has 0 bridgehead atoms. The molecule has 1 aromatic heterocycles. The number of piperidine rings is 1. The normalized spacial score (nSPS) is 17.3. The van der Waals surface area contributed by atoms with E-state index < -0.39 is 0 Å². The zero-order valence-electron chi connectivity index (χ0n) is 14.3. The van der Waals surface area contributed by atoms with Crippen LogP contribution in [0.1, 0.15) is 29.0 Å². The second-order valence-corrected chi connectivity index (χ2v) is 6.67. The number of benzene rings is 1. The van der Waals surface area contributed by atoms with Crippen LogP contribution in [0, 0.1) is 5.82 Å². The Bertz CT molecular complexity index is 813. The van der Waals surface area contributed by atoms with E-state index in [9.17, 15) is 14.0 Å². The molecule has 0 atom stereocenters. The Balaban J connectivity index is 1.32. The van der Waals surface area contributed by atoms with Crippen molar-refractivity contribution in [3.63, 3.8) is 0 Å². The molecule has 136 valence electrons. The monoisotopic (exact) mass is 357 g/mol. The molecule has 0 radical (unpaired) electrons. The molecule has 6 nitrogen and oxygen atoms in total. The molecule has 4 rings (SSSR count). The van der Waals surface area contributed by atoms with E-state index in [1.54, 1.807) is 28.0 Å². The number of hydrogen-bond acceptors (Lipinski definition) is 3. The lowest BCUT2D eigenvalue weighted by Crippen LogP contribution is -2.50. The first-order chi connectivity index (χ1) is 12.6. The third kappa shape index (κ3) is 3.16. The fourth-order valence-electron chi connectivity index (χ4n) is 3.62. The van der Waals surface area contributed by atoms with Crippen LogP contribution in [0.4, 0.5) is 14.9 Å². The fourth-order valence-corrected chi connectivity index (χ4v) is 3.62. The maximum absolute atomic E-state index is 13.3. The molecule has 1 saturated heterocycles. The number of halogens is 1. The zero-order valence-corrected chi connectivity index (χ0v) is 14.3. The number of nitrogens with one attached hydrogen (secondary N) is 1. The summed E-state index contributed by atoms with van der Waals surface area (Å²) < 4.78 is 18.5. The van der Waals surface area contributed by atoms with E-state index >= 15 is 0 Å². The van der Waals surface area contributed by atoms with Gasteiger partial charge < -0.3 is 14.6 Å². The summed E-state index contributed by atoms with van der Waals surface area (Å²) in [6.07, 6.45) is 3.54. The van der Waals surface area contributed by atoms with Crippen LogP contribution in [0.15, 0.2) is 41.0 Å². The highest BCUT2D eigenvalue weighted by Crippen LogP contribution is 2.28. The van der Waals surface area contributed by atoms with Gasteiger partial charge in [-0.25, -0.2) is 9.18 Å². The van der Waals surface area contributed by atoms with E-state index in [1.807, 2.05) is 0 Å². The Labute approximate surface area is 150 Å². The summed E-state index contributed by atoms with van der Waals surface area (Å²) in [5, 5.41) is 3.04. The standard InChI is InChI=1S/C19H20FN3O3/c20-14-3-4-16-13(12-14)5-10-23(16)19(25)21-15-6-8-22(9-7-15)18(24)17-2-1-11-26-17/h1-4,11-12,15H,5-10H2,(H,21,25). The van der Waals surface area contributed by atoms with Crippen LogP contribution >= 0.6 is 0 Å². The Morgan fingerprint density at radius 2 is 1.96 bits per heavy atom. The lowest BCUT2D eigenvalue weighted by molar-refractivity contribution is 0.0676. The third-order valence-electron chi connectivity index (χ3n) is 5.02. The van der Waals surface area contributed by atoms with E-state index in [0.717, 1.165) is 11.3 Å². The minimum absolute atomic E-state index is 0.0210. The van der Waals surface area contributed by atoms with Crippen molar-refractivity contribution in [1.82, 2.24) is 10.2 Å². The Hall–Kier alpha value is -2.83. The Kier molecular flexibility index (Phi) is 4.36. The van der Waals surface area contributed by atoms with Crippen molar-refractivity contribution in [2.45, 2.75) is 25.3 Å². The minimum atomic E-state index is -0.278. The highest BCUT2D eigenvalue weighted by Gasteiger charge is 2.29. The number of furan rings is 1. The van der Waals surface area contributed by atoms with Crippen LogP contribution in [0.25, 0.3) is 0 Å². The number of likely N-dealkylation sites (tertiary alicyclic amines) is 1. The van der Waals surface area contributed by atoms with Gasteiger partial charge in [-0.15, -0.1) is 0 Å². The third-order valence-corrected chi connectivity index (χ3v) is 5.02. The van der Waals surface area contributed by atoms with E-state index in [0.29, 0.717) is 44.7 Å². The largest absolute Gasteiger partial charge is 0.459 e. The number of fused-ring (bicyclic) bond motifs is 1. The molecule has 1 aromatic carbocycles. The smallest absolute Gasteiger partial charge is 0.322 e. The van der Waals surface area contributed by atoms with Crippen LogP contribution in [0.5, 0.6) is 0 Å². The Morgan fingerprint density at radius 1 is 1.15 bits per heavy atom. The molecule has 2 aliphatic heterocycles. The van der Waals surface area contributed by atoms with Crippen molar-refractivity contribution in [2.75, 3.05) is 24.5 Å². The van der Waals surface area contributed by atoms with Crippen molar-refractivity contribution in [3.8, 4) is 0 Å². The molecule has 1 fully saturated rings. The average molecular weight is 357 g/mol. The summed E-state index contributed by atoms with van der Waals surface area (Å²) >= 11 is 0. The predicted molar refractivity (Wildman–Crippen MR) is 93.6 cm³/mol. The first kappa shape index (κ1) is 16.6.